The van der Waals surface area contributed by atoms with Gasteiger partial charge in [-0.1, -0.05) is 26.0 Å². The molecule has 0 bridgehead atoms. The molecule has 0 aliphatic carbocycles. The molecule has 3 aromatic rings. The Hall–Kier alpha value is -2.36. The summed E-state index contributed by atoms with van der Waals surface area (Å²) < 4.78 is 15.6. The summed E-state index contributed by atoms with van der Waals surface area (Å²) in [4.78, 5) is 4.63. The topological polar surface area (TPSA) is 43.8 Å². The normalized spacial score (nSPS) is 11.5. The minimum atomic E-state index is -0.267. The van der Waals surface area contributed by atoms with Crippen LogP contribution in [0.3, 0.4) is 0 Å². The average molecular weight is 297 g/mol. The third-order valence-corrected chi connectivity index (χ3v) is 3.80. The maximum Gasteiger partial charge on any atom is 0.141 e. The van der Waals surface area contributed by atoms with Crippen LogP contribution in [0.1, 0.15) is 19.4 Å². The molecular formula is C18H20FN3. The fraction of sp³-hybridized carbons (Fsp3) is 0.278. The third-order valence-electron chi connectivity index (χ3n) is 3.80. The number of benzene rings is 2. The summed E-state index contributed by atoms with van der Waals surface area (Å²) in [5, 5.41) is 0. The van der Waals surface area contributed by atoms with Gasteiger partial charge in [0.2, 0.25) is 0 Å². The van der Waals surface area contributed by atoms with E-state index in [2.05, 4.69) is 23.4 Å². The molecule has 0 spiro atoms. The second-order valence-electron chi connectivity index (χ2n) is 6.14. The van der Waals surface area contributed by atoms with Gasteiger partial charge in [-0.3, -0.25) is 0 Å². The predicted octanol–water partition coefficient (Wildman–Crippen LogP) is 4.39. The van der Waals surface area contributed by atoms with Crippen LogP contribution in [0.5, 0.6) is 0 Å². The maximum atomic E-state index is 13.5. The van der Waals surface area contributed by atoms with Crippen LogP contribution in [0.2, 0.25) is 0 Å². The number of hydrogen-bond donors (Lipinski definition) is 1. The van der Waals surface area contributed by atoms with Crippen molar-refractivity contribution in [1.82, 2.24) is 9.55 Å². The van der Waals surface area contributed by atoms with Crippen LogP contribution in [0.4, 0.5) is 10.1 Å². The number of fused-ring (bicyclic) bond motifs is 1. The molecule has 0 amide bonds. The Kier molecular flexibility index (Phi) is 3.61. The molecule has 0 unspecified atom stereocenters. The van der Waals surface area contributed by atoms with E-state index in [4.69, 9.17) is 5.73 Å². The number of hydrogen-bond acceptors (Lipinski definition) is 2. The first-order chi connectivity index (χ1) is 10.5. The predicted molar refractivity (Wildman–Crippen MR) is 89.1 cm³/mol. The Morgan fingerprint density at radius 3 is 2.64 bits per heavy atom. The van der Waals surface area contributed by atoms with Crippen LogP contribution in [0.15, 0.2) is 36.4 Å². The molecule has 3 nitrogen and oxygen atoms in total. The largest absolute Gasteiger partial charge is 0.398 e. The van der Waals surface area contributed by atoms with Gasteiger partial charge in [-0.25, -0.2) is 9.37 Å². The van der Waals surface area contributed by atoms with Crippen molar-refractivity contribution in [3.05, 3.63) is 47.8 Å². The molecule has 0 radical (unpaired) electrons. The van der Waals surface area contributed by atoms with Crippen molar-refractivity contribution in [2.75, 3.05) is 5.73 Å². The number of nitrogen functional groups attached to an aromatic ring is 1. The quantitative estimate of drug-likeness (QED) is 0.729. The second-order valence-corrected chi connectivity index (χ2v) is 6.14. The fourth-order valence-electron chi connectivity index (χ4n) is 2.65. The molecule has 1 heterocycles. The van der Waals surface area contributed by atoms with Gasteiger partial charge in [0.05, 0.1) is 11.0 Å². The molecule has 1 aromatic heterocycles. The Balaban J connectivity index is 2.24. The lowest BCUT2D eigenvalue weighted by atomic mass is 10.1. The third kappa shape index (κ3) is 2.56. The molecule has 3 rings (SSSR count). The van der Waals surface area contributed by atoms with Crippen LogP contribution in [0.25, 0.3) is 22.4 Å². The lowest BCUT2D eigenvalue weighted by molar-refractivity contribution is 0.536. The number of anilines is 1. The highest BCUT2D eigenvalue weighted by atomic mass is 19.1. The number of aromatic nitrogens is 2. The van der Waals surface area contributed by atoms with E-state index in [1.165, 1.54) is 12.1 Å². The summed E-state index contributed by atoms with van der Waals surface area (Å²) in [5.41, 5.74) is 10.4. The van der Waals surface area contributed by atoms with E-state index < -0.39 is 0 Å². The van der Waals surface area contributed by atoms with Crippen LogP contribution >= 0.6 is 0 Å². The van der Waals surface area contributed by atoms with Crippen molar-refractivity contribution < 1.29 is 4.39 Å². The highest BCUT2D eigenvalue weighted by molar-refractivity contribution is 5.81. The number of halogens is 1. The van der Waals surface area contributed by atoms with Crippen LogP contribution in [-0.2, 0) is 6.54 Å². The Bertz CT molecular complexity index is 834. The second kappa shape index (κ2) is 5.44. The first kappa shape index (κ1) is 14.6. The fourth-order valence-corrected chi connectivity index (χ4v) is 2.65. The maximum absolute atomic E-state index is 13.5. The number of nitrogens with two attached hydrogens (primary N) is 1. The number of imidazole rings is 1. The van der Waals surface area contributed by atoms with Crippen molar-refractivity contribution in [1.29, 1.82) is 0 Å². The van der Waals surface area contributed by atoms with Gasteiger partial charge >= 0.3 is 0 Å². The van der Waals surface area contributed by atoms with Crippen molar-refractivity contribution in [3.63, 3.8) is 0 Å². The summed E-state index contributed by atoms with van der Waals surface area (Å²) in [6.07, 6.45) is 0. The lowest BCUT2D eigenvalue weighted by Gasteiger charge is -2.12. The van der Waals surface area contributed by atoms with E-state index in [0.29, 0.717) is 11.4 Å². The van der Waals surface area contributed by atoms with Crippen molar-refractivity contribution in [2.45, 2.75) is 27.3 Å². The molecule has 2 aromatic carbocycles. The van der Waals surface area contributed by atoms with Gasteiger partial charge in [-0.05, 0) is 36.6 Å². The molecule has 0 fully saturated rings. The van der Waals surface area contributed by atoms with E-state index in [9.17, 15) is 4.39 Å². The summed E-state index contributed by atoms with van der Waals surface area (Å²) in [6, 6.07) is 10.7. The molecular weight excluding hydrogens is 277 g/mol. The molecule has 114 valence electrons. The van der Waals surface area contributed by atoms with E-state index in [1.54, 1.807) is 6.07 Å². The van der Waals surface area contributed by atoms with Gasteiger partial charge in [0.15, 0.2) is 0 Å². The van der Waals surface area contributed by atoms with Gasteiger partial charge < -0.3 is 10.3 Å². The van der Waals surface area contributed by atoms with Gasteiger partial charge in [-0.15, -0.1) is 0 Å². The Morgan fingerprint density at radius 2 is 1.95 bits per heavy atom. The SMILES string of the molecule is Cc1ccc(-c2nc3cc(F)ccc3n2CC(C)C)cc1N. The highest BCUT2D eigenvalue weighted by Crippen LogP contribution is 2.28. The van der Waals surface area contributed by atoms with E-state index >= 15 is 0 Å². The van der Waals surface area contributed by atoms with Gasteiger partial charge in [0, 0.05) is 23.9 Å². The van der Waals surface area contributed by atoms with Crippen molar-refractivity contribution in [3.8, 4) is 11.4 Å². The summed E-state index contributed by atoms with van der Waals surface area (Å²) in [5.74, 6) is 1.03. The average Bonchev–Trinajstić information content (AvgIpc) is 2.79. The molecule has 0 saturated carbocycles. The summed E-state index contributed by atoms with van der Waals surface area (Å²) in [6.45, 7) is 7.11. The molecule has 2 N–H and O–H groups in total. The van der Waals surface area contributed by atoms with Crippen LogP contribution in [-0.4, -0.2) is 9.55 Å². The minimum absolute atomic E-state index is 0.267. The molecule has 4 heteroatoms. The molecule has 0 saturated heterocycles. The lowest BCUT2D eigenvalue weighted by Crippen LogP contribution is -2.06. The summed E-state index contributed by atoms with van der Waals surface area (Å²) >= 11 is 0. The van der Waals surface area contributed by atoms with Crippen molar-refractivity contribution in [2.24, 2.45) is 5.92 Å². The number of aryl methyl sites for hydroxylation is 1. The van der Waals surface area contributed by atoms with Gasteiger partial charge in [0.25, 0.3) is 0 Å². The Labute approximate surface area is 129 Å². The summed E-state index contributed by atoms with van der Waals surface area (Å²) in [7, 11) is 0. The molecule has 0 aliphatic rings. The van der Waals surface area contributed by atoms with E-state index in [1.807, 2.05) is 25.1 Å². The first-order valence-corrected chi connectivity index (χ1v) is 7.48. The standard InChI is InChI=1S/C18H20FN3/c1-11(2)10-22-17-7-6-14(19)9-16(17)21-18(22)13-5-4-12(3)15(20)8-13/h4-9,11H,10,20H2,1-3H3. The van der Waals surface area contributed by atoms with Crippen molar-refractivity contribution >= 4 is 16.7 Å². The van der Waals surface area contributed by atoms with E-state index in [0.717, 1.165) is 34.7 Å². The zero-order valence-electron chi connectivity index (χ0n) is 13.1. The van der Waals surface area contributed by atoms with Crippen LogP contribution < -0.4 is 5.73 Å². The van der Waals surface area contributed by atoms with Crippen LogP contribution in [0, 0.1) is 18.7 Å². The molecule has 22 heavy (non-hydrogen) atoms. The number of nitrogens with zero attached hydrogens (tertiary/aromatic N) is 2. The van der Waals surface area contributed by atoms with Gasteiger partial charge in [0.1, 0.15) is 11.6 Å². The van der Waals surface area contributed by atoms with E-state index in [-0.39, 0.29) is 5.82 Å². The Morgan fingerprint density at radius 1 is 1.18 bits per heavy atom. The monoisotopic (exact) mass is 297 g/mol. The zero-order valence-corrected chi connectivity index (χ0v) is 13.1. The highest BCUT2D eigenvalue weighted by Gasteiger charge is 2.14. The van der Waals surface area contributed by atoms with Gasteiger partial charge in [-0.2, -0.15) is 0 Å². The molecule has 0 atom stereocenters. The smallest absolute Gasteiger partial charge is 0.141 e. The zero-order chi connectivity index (χ0) is 15.9. The minimum Gasteiger partial charge on any atom is -0.398 e. The molecule has 0 aliphatic heterocycles. The number of rotatable bonds is 3. The first-order valence-electron chi connectivity index (χ1n) is 7.48.